The molecule has 226 valence electrons. The minimum atomic E-state index is -0.747. The van der Waals surface area contributed by atoms with Crippen molar-refractivity contribution in [3.63, 3.8) is 0 Å². The molecule has 0 radical (unpaired) electrons. The smallest absolute Gasteiger partial charge is 0.307 e. The Balaban J connectivity index is 1.32. The number of pyridine rings is 1. The highest BCUT2D eigenvalue weighted by atomic mass is 35.5. The summed E-state index contributed by atoms with van der Waals surface area (Å²) < 4.78 is 6.91. The SMILES string of the molecule is COc1nc(-c2cccc(-c3cccc(NC(=O)c4ccnn(C)c4=O)c3C)c2Cl)cc2c1[C@H](N1CC[C@H](C(=O)O)C1)CC2. The number of nitrogens with zero attached hydrogens (tertiary/aromatic N) is 4. The topological polar surface area (TPSA) is 127 Å². The van der Waals surface area contributed by atoms with Gasteiger partial charge in [0.15, 0.2) is 0 Å². The molecule has 2 atom stereocenters. The van der Waals surface area contributed by atoms with Crippen LogP contribution in [0.5, 0.6) is 5.88 Å². The van der Waals surface area contributed by atoms with Crippen molar-refractivity contribution in [1.82, 2.24) is 19.7 Å². The lowest BCUT2D eigenvalue weighted by atomic mass is 9.96. The highest BCUT2D eigenvalue weighted by Gasteiger charge is 2.38. The van der Waals surface area contributed by atoms with Crippen molar-refractivity contribution >= 4 is 29.2 Å². The number of anilines is 1. The third-order valence-electron chi connectivity index (χ3n) is 8.73. The van der Waals surface area contributed by atoms with E-state index in [2.05, 4.69) is 21.4 Å². The fourth-order valence-corrected chi connectivity index (χ4v) is 6.71. The Bertz CT molecular complexity index is 1860. The lowest BCUT2D eigenvalue weighted by Gasteiger charge is -2.25. The zero-order chi connectivity index (χ0) is 31.1. The first-order valence-corrected chi connectivity index (χ1v) is 14.8. The summed E-state index contributed by atoms with van der Waals surface area (Å²) in [6, 6.07) is 14.8. The van der Waals surface area contributed by atoms with Gasteiger partial charge in [0, 0.05) is 48.2 Å². The second-order valence-corrected chi connectivity index (χ2v) is 11.6. The van der Waals surface area contributed by atoms with E-state index in [1.165, 1.54) is 19.3 Å². The summed E-state index contributed by atoms with van der Waals surface area (Å²) in [5.74, 6) is -1.09. The molecule has 1 aliphatic carbocycles. The van der Waals surface area contributed by atoms with Crippen LogP contribution in [0.15, 0.2) is 59.5 Å². The Labute approximate surface area is 259 Å². The number of carboxylic acids is 1. The average Bonchev–Trinajstić information content (AvgIpc) is 3.67. The van der Waals surface area contributed by atoms with E-state index in [1.807, 2.05) is 37.3 Å². The van der Waals surface area contributed by atoms with Gasteiger partial charge < -0.3 is 15.2 Å². The number of fused-ring (bicyclic) bond motifs is 1. The van der Waals surface area contributed by atoms with E-state index >= 15 is 0 Å². The Morgan fingerprint density at radius 2 is 1.84 bits per heavy atom. The fourth-order valence-electron chi connectivity index (χ4n) is 6.38. The molecule has 4 aromatic rings. The molecule has 11 heteroatoms. The van der Waals surface area contributed by atoms with E-state index in [1.54, 1.807) is 13.2 Å². The number of methoxy groups -OCH3 is 1. The summed E-state index contributed by atoms with van der Waals surface area (Å²) in [5.41, 5.74) is 6.05. The average molecular weight is 614 g/mol. The molecule has 6 rings (SSSR count). The molecule has 10 nitrogen and oxygen atoms in total. The zero-order valence-corrected chi connectivity index (χ0v) is 25.4. The molecule has 2 aliphatic rings. The van der Waals surface area contributed by atoms with E-state index in [0.717, 1.165) is 57.4 Å². The standard InChI is InChI=1S/C33H32ClN5O5/c1-18-21(6-5-9-25(18)36-30(40)24-12-14-35-38(2)32(24)41)22-7-4-8-23(29(22)34)26-16-19-10-11-27(28(19)31(37-26)44-3)39-15-13-20(17-39)33(42)43/h4-9,12,14,16,20,27H,10-11,13,15,17H2,1-3H3,(H,36,40)(H,42,43)/t20-,27+/m0/s1. The van der Waals surface area contributed by atoms with Gasteiger partial charge in [0.05, 0.1) is 23.7 Å². The number of carboxylic acid groups (broad SMARTS) is 1. The third kappa shape index (κ3) is 5.24. The minimum Gasteiger partial charge on any atom is -0.481 e. The molecule has 0 bridgehead atoms. The number of aliphatic carboxylic acids is 1. The number of aryl methyl sites for hydroxylation is 2. The largest absolute Gasteiger partial charge is 0.481 e. The van der Waals surface area contributed by atoms with Crippen molar-refractivity contribution in [2.24, 2.45) is 13.0 Å². The number of halogens is 1. The Kier molecular flexibility index (Phi) is 7.96. The maximum atomic E-state index is 13.0. The number of hydrogen-bond donors (Lipinski definition) is 2. The lowest BCUT2D eigenvalue weighted by molar-refractivity contribution is -0.141. The van der Waals surface area contributed by atoms with Crippen LogP contribution >= 0.6 is 11.6 Å². The highest BCUT2D eigenvalue weighted by molar-refractivity contribution is 6.36. The van der Waals surface area contributed by atoms with Gasteiger partial charge in [-0.1, -0.05) is 41.9 Å². The van der Waals surface area contributed by atoms with Gasteiger partial charge in [-0.15, -0.1) is 0 Å². The molecule has 44 heavy (non-hydrogen) atoms. The first kappa shape index (κ1) is 29.5. The van der Waals surface area contributed by atoms with Gasteiger partial charge in [0.2, 0.25) is 5.88 Å². The molecule has 1 amide bonds. The summed E-state index contributed by atoms with van der Waals surface area (Å²) in [5, 5.41) is 16.7. The molecule has 3 heterocycles. The number of carbonyl (C=O) groups excluding carboxylic acids is 1. The van der Waals surface area contributed by atoms with Crippen LogP contribution < -0.4 is 15.6 Å². The maximum Gasteiger partial charge on any atom is 0.307 e. The second-order valence-electron chi connectivity index (χ2n) is 11.2. The van der Waals surface area contributed by atoms with Crippen LogP contribution in [0.4, 0.5) is 5.69 Å². The van der Waals surface area contributed by atoms with E-state index in [9.17, 15) is 19.5 Å². The summed E-state index contributed by atoms with van der Waals surface area (Å²) in [6.45, 7) is 3.15. The molecule has 0 spiro atoms. The number of ether oxygens (including phenoxy) is 1. The van der Waals surface area contributed by atoms with Gasteiger partial charge in [-0.05, 0) is 67.6 Å². The van der Waals surface area contributed by atoms with E-state index in [-0.39, 0.29) is 17.5 Å². The predicted octanol–water partition coefficient (Wildman–Crippen LogP) is 5.13. The fraction of sp³-hybridized carbons (Fsp3) is 0.303. The summed E-state index contributed by atoms with van der Waals surface area (Å²) in [6.07, 6.45) is 3.76. The molecule has 1 saturated heterocycles. The predicted molar refractivity (Wildman–Crippen MR) is 167 cm³/mol. The Morgan fingerprint density at radius 3 is 2.59 bits per heavy atom. The number of amides is 1. The van der Waals surface area contributed by atoms with Crippen LogP contribution in [0.1, 0.15) is 45.9 Å². The van der Waals surface area contributed by atoms with Crippen LogP contribution in [0.25, 0.3) is 22.4 Å². The summed E-state index contributed by atoms with van der Waals surface area (Å²) in [7, 11) is 3.10. The van der Waals surface area contributed by atoms with Crippen LogP contribution in [-0.4, -0.2) is 56.8 Å². The number of rotatable bonds is 7. The monoisotopic (exact) mass is 613 g/mol. The molecule has 2 aromatic heterocycles. The number of aromatic nitrogens is 3. The number of nitrogens with one attached hydrogen (secondary N) is 1. The van der Waals surface area contributed by atoms with Gasteiger partial charge in [0.25, 0.3) is 11.5 Å². The Morgan fingerprint density at radius 1 is 1.09 bits per heavy atom. The van der Waals surface area contributed by atoms with E-state index in [0.29, 0.717) is 35.2 Å². The van der Waals surface area contributed by atoms with Crippen LogP contribution in [0.2, 0.25) is 5.02 Å². The van der Waals surface area contributed by atoms with Gasteiger partial charge in [0.1, 0.15) is 5.56 Å². The molecular weight excluding hydrogens is 582 g/mol. The van der Waals surface area contributed by atoms with Crippen molar-refractivity contribution in [2.45, 2.75) is 32.2 Å². The number of carbonyl (C=O) groups is 2. The minimum absolute atomic E-state index is 0.00219. The van der Waals surface area contributed by atoms with Crippen LogP contribution in [-0.2, 0) is 18.3 Å². The first-order valence-electron chi connectivity index (χ1n) is 14.4. The van der Waals surface area contributed by atoms with Gasteiger partial charge in [-0.25, -0.2) is 9.67 Å². The molecule has 2 aromatic carbocycles. The van der Waals surface area contributed by atoms with Crippen molar-refractivity contribution in [1.29, 1.82) is 0 Å². The van der Waals surface area contributed by atoms with Crippen LogP contribution in [0.3, 0.4) is 0 Å². The van der Waals surface area contributed by atoms with Gasteiger partial charge >= 0.3 is 5.97 Å². The zero-order valence-electron chi connectivity index (χ0n) is 24.6. The van der Waals surface area contributed by atoms with Gasteiger partial charge in [-0.2, -0.15) is 5.10 Å². The molecule has 0 saturated carbocycles. The molecule has 1 aliphatic heterocycles. The van der Waals surface area contributed by atoms with E-state index < -0.39 is 17.4 Å². The van der Waals surface area contributed by atoms with Crippen molar-refractivity contribution in [2.75, 3.05) is 25.5 Å². The second kappa shape index (κ2) is 11.9. The highest BCUT2D eigenvalue weighted by Crippen LogP contribution is 2.45. The maximum absolute atomic E-state index is 13.0. The molecule has 1 fully saturated rings. The molecule has 2 N–H and O–H groups in total. The first-order chi connectivity index (χ1) is 21.2. The quantitative estimate of drug-likeness (QED) is 0.294. The van der Waals surface area contributed by atoms with Crippen molar-refractivity contribution < 1.29 is 19.4 Å². The van der Waals surface area contributed by atoms with Crippen LogP contribution in [0, 0.1) is 12.8 Å². The molecular formula is C33H32ClN5O5. The van der Waals surface area contributed by atoms with Crippen molar-refractivity contribution in [3.8, 4) is 28.3 Å². The summed E-state index contributed by atoms with van der Waals surface area (Å²) >= 11 is 7.08. The normalized spacial score (nSPS) is 17.8. The number of hydrogen-bond acceptors (Lipinski definition) is 7. The Hall–Kier alpha value is -4.54. The number of likely N-dealkylation sites (tertiary alicyclic amines) is 1. The third-order valence-corrected chi connectivity index (χ3v) is 9.14. The van der Waals surface area contributed by atoms with E-state index in [4.69, 9.17) is 21.3 Å². The number of benzene rings is 2. The summed E-state index contributed by atoms with van der Waals surface area (Å²) in [4.78, 5) is 44.1. The van der Waals surface area contributed by atoms with Crippen molar-refractivity contribution in [3.05, 3.63) is 92.4 Å². The molecule has 0 unspecified atom stereocenters. The lowest BCUT2D eigenvalue weighted by Crippen LogP contribution is -2.28. The van der Waals surface area contributed by atoms with Gasteiger partial charge in [-0.3, -0.25) is 19.3 Å².